The minimum atomic E-state index is 0.208. The molecule has 0 radical (unpaired) electrons. The van der Waals surface area contributed by atoms with Crippen molar-refractivity contribution in [3.8, 4) is 0 Å². The topological polar surface area (TPSA) is 42.0 Å². The van der Waals surface area contributed by atoms with E-state index < -0.39 is 0 Å². The van der Waals surface area contributed by atoms with Gasteiger partial charge in [-0.2, -0.15) is 0 Å². The van der Waals surface area contributed by atoms with Crippen LogP contribution in [0.25, 0.3) is 10.2 Å². The molecule has 0 bridgehead atoms. The van der Waals surface area contributed by atoms with Crippen LogP contribution in [-0.4, -0.2) is 10.8 Å². The molecule has 0 unspecified atom stereocenters. The Morgan fingerprint density at radius 2 is 2.12 bits per heavy atom. The number of anilines is 1. The number of carbonyl (C=O) groups excluding carboxylic acids is 1. The highest BCUT2D eigenvalue weighted by Gasteiger charge is 2.11. The molecule has 1 aliphatic rings. The summed E-state index contributed by atoms with van der Waals surface area (Å²) in [5, 5.41) is 4.12. The average molecular weight is 244 g/mol. The van der Waals surface area contributed by atoms with Gasteiger partial charge in [-0.3, -0.25) is 4.79 Å². The quantitative estimate of drug-likeness (QED) is 0.881. The lowest BCUT2D eigenvalue weighted by molar-refractivity contribution is -0.115. The summed E-state index contributed by atoms with van der Waals surface area (Å²) in [4.78, 5) is 15.8. The summed E-state index contributed by atoms with van der Waals surface area (Å²) in [5.41, 5.74) is 1.99. The number of thiazole rings is 1. The zero-order valence-electron chi connectivity index (χ0n) is 9.27. The summed E-state index contributed by atoms with van der Waals surface area (Å²) in [6.45, 7) is 0. The van der Waals surface area contributed by atoms with Crippen LogP contribution >= 0.6 is 11.3 Å². The second kappa shape index (κ2) is 4.30. The molecular weight excluding hydrogens is 232 g/mol. The Balaban J connectivity index is 1.87. The van der Waals surface area contributed by atoms with Crippen molar-refractivity contribution < 1.29 is 4.79 Å². The lowest BCUT2D eigenvalue weighted by atomic mass is 10.0. The summed E-state index contributed by atoms with van der Waals surface area (Å²) in [6, 6.07) is 8.04. The zero-order valence-corrected chi connectivity index (χ0v) is 10.1. The first-order valence-electron chi connectivity index (χ1n) is 5.67. The minimum Gasteiger partial charge on any atom is -0.335 e. The highest BCUT2D eigenvalue weighted by molar-refractivity contribution is 7.22. The molecule has 1 N–H and O–H groups in total. The number of para-hydroxylation sites is 1. The second-order valence-corrected chi connectivity index (χ2v) is 5.13. The Morgan fingerprint density at radius 1 is 1.24 bits per heavy atom. The van der Waals surface area contributed by atoms with Gasteiger partial charge in [0.05, 0.1) is 10.2 Å². The number of aromatic nitrogens is 1. The molecule has 17 heavy (non-hydrogen) atoms. The van der Waals surface area contributed by atoms with E-state index in [0.717, 1.165) is 33.9 Å². The van der Waals surface area contributed by atoms with Crippen LogP contribution in [0.3, 0.4) is 0 Å². The van der Waals surface area contributed by atoms with Gasteiger partial charge in [-0.25, -0.2) is 4.98 Å². The van der Waals surface area contributed by atoms with E-state index in [1.165, 1.54) is 0 Å². The van der Waals surface area contributed by atoms with Gasteiger partial charge in [-0.1, -0.05) is 23.5 Å². The van der Waals surface area contributed by atoms with Gasteiger partial charge in [0.2, 0.25) is 0 Å². The van der Waals surface area contributed by atoms with E-state index in [1.54, 1.807) is 17.4 Å². The van der Waals surface area contributed by atoms with E-state index >= 15 is 0 Å². The van der Waals surface area contributed by atoms with E-state index in [9.17, 15) is 4.79 Å². The maximum Gasteiger partial charge on any atom is 0.188 e. The number of hydrogen-bond donors (Lipinski definition) is 1. The van der Waals surface area contributed by atoms with Crippen LogP contribution in [0.15, 0.2) is 36.0 Å². The van der Waals surface area contributed by atoms with Crippen molar-refractivity contribution in [2.75, 3.05) is 5.32 Å². The summed E-state index contributed by atoms with van der Waals surface area (Å²) >= 11 is 1.62. The van der Waals surface area contributed by atoms with Gasteiger partial charge in [-0.15, -0.1) is 0 Å². The van der Waals surface area contributed by atoms with Gasteiger partial charge in [0.15, 0.2) is 10.9 Å². The zero-order chi connectivity index (χ0) is 11.7. The van der Waals surface area contributed by atoms with Crippen molar-refractivity contribution in [3.05, 3.63) is 36.0 Å². The lowest BCUT2D eigenvalue weighted by Gasteiger charge is -2.11. The maximum atomic E-state index is 11.3. The Bertz CT molecular complexity index is 567. The fraction of sp³-hybridized carbons (Fsp3) is 0.231. The van der Waals surface area contributed by atoms with Gasteiger partial charge in [-0.05, 0) is 25.0 Å². The molecule has 0 saturated heterocycles. The molecule has 0 atom stereocenters. The fourth-order valence-electron chi connectivity index (χ4n) is 1.95. The van der Waals surface area contributed by atoms with E-state index in [0.29, 0.717) is 6.42 Å². The third-order valence-corrected chi connectivity index (χ3v) is 3.72. The van der Waals surface area contributed by atoms with Crippen LogP contribution in [0.4, 0.5) is 5.13 Å². The van der Waals surface area contributed by atoms with E-state index in [1.807, 2.05) is 18.2 Å². The molecule has 1 aromatic carbocycles. The number of carbonyl (C=O) groups is 1. The third kappa shape index (κ3) is 2.22. The molecule has 3 rings (SSSR count). The molecule has 3 nitrogen and oxygen atoms in total. The van der Waals surface area contributed by atoms with Crippen molar-refractivity contribution >= 4 is 32.5 Å². The van der Waals surface area contributed by atoms with Crippen LogP contribution in [0, 0.1) is 0 Å². The van der Waals surface area contributed by atoms with E-state index in [2.05, 4.69) is 16.4 Å². The number of nitrogens with one attached hydrogen (secondary N) is 1. The average Bonchev–Trinajstić information content (AvgIpc) is 2.71. The molecule has 0 spiro atoms. The van der Waals surface area contributed by atoms with Crippen molar-refractivity contribution in [3.63, 3.8) is 0 Å². The molecule has 0 aliphatic heterocycles. The standard InChI is InChI=1S/C13H12N2OS/c16-10-5-3-4-9(8-10)14-13-15-11-6-1-2-7-12(11)17-13/h1-2,6-8H,3-5H2,(H,14,15). The number of rotatable bonds is 2. The van der Waals surface area contributed by atoms with Gasteiger partial charge in [0.25, 0.3) is 0 Å². The first-order valence-corrected chi connectivity index (χ1v) is 6.49. The highest BCUT2D eigenvalue weighted by Crippen LogP contribution is 2.27. The van der Waals surface area contributed by atoms with Gasteiger partial charge in [0.1, 0.15) is 0 Å². The molecule has 0 saturated carbocycles. The second-order valence-electron chi connectivity index (χ2n) is 4.10. The predicted molar refractivity (Wildman–Crippen MR) is 70.2 cm³/mol. The molecule has 1 aromatic heterocycles. The summed E-state index contributed by atoms with van der Waals surface area (Å²) in [7, 11) is 0. The number of ketones is 1. The van der Waals surface area contributed by atoms with E-state index in [4.69, 9.17) is 0 Å². The fourth-order valence-corrected chi connectivity index (χ4v) is 2.85. The SMILES string of the molecule is O=C1C=C(Nc2nc3ccccc3s2)CCC1. The van der Waals surface area contributed by atoms with Crippen LogP contribution in [0.2, 0.25) is 0 Å². The minimum absolute atomic E-state index is 0.208. The molecule has 2 aromatic rings. The monoisotopic (exact) mass is 244 g/mol. The Hall–Kier alpha value is -1.68. The molecule has 1 aliphatic carbocycles. The van der Waals surface area contributed by atoms with Crippen molar-refractivity contribution in [2.45, 2.75) is 19.3 Å². The summed E-state index contributed by atoms with van der Waals surface area (Å²) in [5.74, 6) is 0.208. The Kier molecular flexibility index (Phi) is 2.65. The van der Waals surface area contributed by atoms with Gasteiger partial charge in [0, 0.05) is 18.2 Å². The number of allylic oxidation sites excluding steroid dienone is 2. The molecule has 0 fully saturated rings. The van der Waals surface area contributed by atoms with Crippen molar-refractivity contribution in [2.24, 2.45) is 0 Å². The maximum absolute atomic E-state index is 11.3. The van der Waals surface area contributed by atoms with Gasteiger partial charge < -0.3 is 5.32 Å². The Morgan fingerprint density at radius 3 is 2.94 bits per heavy atom. The van der Waals surface area contributed by atoms with Crippen LogP contribution in [-0.2, 0) is 4.79 Å². The predicted octanol–water partition coefficient (Wildman–Crippen LogP) is 3.35. The summed E-state index contributed by atoms with van der Waals surface area (Å²) in [6.07, 6.45) is 4.24. The van der Waals surface area contributed by atoms with Crippen LogP contribution < -0.4 is 5.32 Å². The van der Waals surface area contributed by atoms with E-state index in [-0.39, 0.29) is 5.78 Å². The number of hydrogen-bond acceptors (Lipinski definition) is 4. The summed E-state index contributed by atoms with van der Waals surface area (Å²) < 4.78 is 1.16. The smallest absolute Gasteiger partial charge is 0.188 e. The normalized spacial score (nSPS) is 16.0. The number of fused-ring (bicyclic) bond motifs is 1. The first kappa shape index (κ1) is 10.5. The molecular formula is C13H12N2OS. The lowest BCUT2D eigenvalue weighted by Crippen LogP contribution is -2.08. The highest BCUT2D eigenvalue weighted by atomic mass is 32.1. The largest absolute Gasteiger partial charge is 0.335 e. The third-order valence-electron chi connectivity index (χ3n) is 2.77. The number of benzene rings is 1. The molecule has 4 heteroatoms. The molecule has 86 valence electrons. The molecule has 0 amide bonds. The van der Waals surface area contributed by atoms with Crippen LogP contribution in [0.1, 0.15) is 19.3 Å². The van der Waals surface area contributed by atoms with Gasteiger partial charge >= 0.3 is 0 Å². The Labute approximate surface area is 103 Å². The number of nitrogens with zero attached hydrogens (tertiary/aromatic N) is 1. The van der Waals surface area contributed by atoms with Crippen LogP contribution in [0.5, 0.6) is 0 Å². The first-order chi connectivity index (χ1) is 8.31. The van der Waals surface area contributed by atoms with Crippen molar-refractivity contribution in [1.82, 2.24) is 4.98 Å². The molecule has 1 heterocycles. The van der Waals surface area contributed by atoms with Crippen molar-refractivity contribution in [1.29, 1.82) is 0 Å².